The highest BCUT2D eigenvalue weighted by molar-refractivity contribution is 7.92. The molecule has 0 aliphatic rings. The second-order valence-electron chi connectivity index (χ2n) is 11.0. The first kappa shape index (κ1) is 35.2. The molecule has 0 aliphatic carbocycles. The molecule has 4 aromatic carbocycles. The molecule has 4 aromatic rings. The number of rotatable bonds is 14. The Morgan fingerprint density at radius 3 is 2.13 bits per heavy atom. The standard InChI is InChI=1S/C35H37ClFN3O6S/c1-24(2)38-35(42)31(20-25-10-6-5-7-11-25)39(22-26-12-8-9-13-30(26)36)34(41)23-40(28-16-14-27(37)15-17-28)47(43,44)29-18-19-32(45-3)33(21-29)46-4/h5-19,21,24,31H,20,22-23H2,1-4H3,(H,38,42). The molecule has 0 aromatic heterocycles. The lowest BCUT2D eigenvalue weighted by atomic mass is 10.0. The Morgan fingerprint density at radius 2 is 1.51 bits per heavy atom. The quantitative estimate of drug-likeness (QED) is 0.179. The van der Waals surface area contributed by atoms with Crippen LogP contribution in [0.2, 0.25) is 5.02 Å². The molecule has 1 unspecified atom stereocenters. The molecule has 0 fully saturated rings. The van der Waals surface area contributed by atoms with E-state index in [0.717, 1.165) is 22.0 Å². The highest BCUT2D eigenvalue weighted by Crippen LogP contribution is 2.32. The Hall–Kier alpha value is -4.61. The summed E-state index contributed by atoms with van der Waals surface area (Å²) in [6.07, 6.45) is 0.147. The number of anilines is 1. The van der Waals surface area contributed by atoms with E-state index in [0.29, 0.717) is 16.3 Å². The molecule has 0 spiro atoms. The maximum atomic E-state index is 14.5. The van der Waals surface area contributed by atoms with Gasteiger partial charge >= 0.3 is 0 Å². The lowest BCUT2D eigenvalue weighted by Crippen LogP contribution is -2.54. The molecule has 4 rings (SSSR count). The summed E-state index contributed by atoms with van der Waals surface area (Å²) in [5.74, 6) is -1.22. The predicted octanol–water partition coefficient (Wildman–Crippen LogP) is 5.86. The van der Waals surface area contributed by atoms with Gasteiger partial charge in [0.1, 0.15) is 18.4 Å². The third-order valence-electron chi connectivity index (χ3n) is 7.34. The molecule has 0 heterocycles. The van der Waals surface area contributed by atoms with Crippen molar-refractivity contribution in [3.8, 4) is 11.5 Å². The smallest absolute Gasteiger partial charge is 0.264 e. The molecule has 47 heavy (non-hydrogen) atoms. The molecular weight excluding hydrogens is 645 g/mol. The maximum absolute atomic E-state index is 14.5. The van der Waals surface area contributed by atoms with Crippen LogP contribution in [0.3, 0.4) is 0 Å². The first-order chi connectivity index (χ1) is 22.4. The van der Waals surface area contributed by atoms with Gasteiger partial charge < -0.3 is 19.7 Å². The van der Waals surface area contributed by atoms with E-state index >= 15 is 0 Å². The number of nitrogens with zero attached hydrogens (tertiary/aromatic N) is 2. The summed E-state index contributed by atoms with van der Waals surface area (Å²) in [5.41, 5.74) is 1.40. The van der Waals surface area contributed by atoms with E-state index in [2.05, 4.69) is 5.32 Å². The lowest BCUT2D eigenvalue weighted by Gasteiger charge is -2.34. The minimum atomic E-state index is -4.46. The second-order valence-corrected chi connectivity index (χ2v) is 13.3. The fourth-order valence-corrected chi connectivity index (χ4v) is 6.61. The summed E-state index contributed by atoms with van der Waals surface area (Å²) in [5, 5.41) is 3.28. The van der Waals surface area contributed by atoms with E-state index < -0.39 is 40.2 Å². The zero-order valence-corrected chi connectivity index (χ0v) is 28.1. The number of ether oxygens (including phenoxy) is 2. The van der Waals surface area contributed by atoms with Gasteiger partial charge in [0, 0.05) is 30.1 Å². The summed E-state index contributed by atoms with van der Waals surface area (Å²) in [6.45, 7) is 2.82. The molecule has 0 radical (unpaired) electrons. The van der Waals surface area contributed by atoms with E-state index in [-0.39, 0.29) is 35.3 Å². The van der Waals surface area contributed by atoms with Crippen molar-refractivity contribution in [2.75, 3.05) is 25.1 Å². The number of carbonyl (C=O) groups excluding carboxylic acids is 2. The zero-order chi connectivity index (χ0) is 34.1. The third-order valence-corrected chi connectivity index (χ3v) is 9.48. The van der Waals surface area contributed by atoms with Gasteiger partial charge in [-0.2, -0.15) is 0 Å². The Bertz CT molecular complexity index is 1790. The molecule has 0 saturated heterocycles. The molecule has 1 N–H and O–H groups in total. The van der Waals surface area contributed by atoms with Crippen LogP contribution in [-0.2, 0) is 32.6 Å². The number of methoxy groups -OCH3 is 2. The minimum Gasteiger partial charge on any atom is -0.493 e. The SMILES string of the molecule is COc1ccc(S(=O)(=O)N(CC(=O)N(Cc2ccccc2Cl)C(Cc2ccccc2)C(=O)NC(C)C)c2ccc(F)cc2)cc1OC. The van der Waals surface area contributed by atoms with Gasteiger partial charge in [0.2, 0.25) is 11.8 Å². The van der Waals surface area contributed by atoms with Crippen molar-refractivity contribution in [2.45, 2.75) is 43.8 Å². The second kappa shape index (κ2) is 15.8. The molecule has 2 amide bonds. The molecule has 0 saturated carbocycles. The van der Waals surface area contributed by atoms with E-state index in [9.17, 15) is 22.4 Å². The Morgan fingerprint density at radius 1 is 0.872 bits per heavy atom. The van der Waals surface area contributed by atoms with Crippen LogP contribution in [0.5, 0.6) is 11.5 Å². The number of amides is 2. The zero-order valence-electron chi connectivity index (χ0n) is 26.5. The third kappa shape index (κ3) is 8.81. The minimum absolute atomic E-state index is 0.0402. The topological polar surface area (TPSA) is 105 Å². The predicted molar refractivity (Wildman–Crippen MR) is 180 cm³/mol. The first-order valence-electron chi connectivity index (χ1n) is 14.8. The Labute approximate surface area is 279 Å². The molecule has 0 bridgehead atoms. The highest BCUT2D eigenvalue weighted by Gasteiger charge is 2.35. The number of carbonyl (C=O) groups is 2. The van der Waals surface area contributed by atoms with Crippen LogP contribution >= 0.6 is 11.6 Å². The van der Waals surface area contributed by atoms with Gasteiger partial charge in [-0.15, -0.1) is 0 Å². The normalized spacial score (nSPS) is 11.9. The number of sulfonamides is 1. The Kier molecular flexibility index (Phi) is 11.8. The molecule has 1 atom stereocenters. The van der Waals surface area contributed by atoms with Crippen molar-refractivity contribution in [1.82, 2.24) is 10.2 Å². The van der Waals surface area contributed by atoms with Gasteiger partial charge in [-0.3, -0.25) is 13.9 Å². The molecule has 9 nitrogen and oxygen atoms in total. The lowest BCUT2D eigenvalue weighted by molar-refractivity contribution is -0.140. The van der Waals surface area contributed by atoms with E-state index in [4.69, 9.17) is 21.1 Å². The number of nitrogens with one attached hydrogen (secondary N) is 1. The van der Waals surface area contributed by atoms with Crippen LogP contribution in [0.15, 0.2) is 102 Å². The molecule has 0 aliphatic heterocycles. The average Bonchev–Trinajstić information content (AvgIpc) is 3.06. The number of hydrogen-bond acceptors (Lipinski definition) is 6. The fraction of sp³-hybridized carbons (Fsp3) is 0.257. The van der Waals surface area contributed by atoms with Crippen LogP contribution in [0.1, 0.15) is 25.0 Å². The molecule has 248 valence electrons. The van der Waals surface area contributed by atoms with E-state index in [1.54, 1.807) is 24.3 Å². The number of benzene rings is 4. The van der Waals surface area contributed by atoms with Crippen molar-refractivity contribution < 1.29 is 31.9 Å². The van der Waals surface area contributed by atoms with Crippen LogP contribution in [0, 0.1) is 5.82 Å². The summed E-state index contributed by atoms with van der Waals surface area (Å²) in [6, 6.07) is 23.6. The summed E-state index contributed by atoms with van der Waals surface area (Å²) < 4.78 is 54.0. The van der Waals surface area contributed by atoms with Crippen molar-refractivity contribution in [3.05, 3.63) is 119 Å². The van der Waals surface area contributed by atoms with Gasteiger partial charge in [0.05, 0.1) is 24.8 Å². The van der Waals surface area contributed by atoms with Gasteiger partial charge in [0.15, 0.2) is 11.5 Å². The number of hydrogen-bond donors (Lipinski definition) is 1. The van der Waals surface area contributed by atoms with Gasteiger partial charge in [0.25, 0.3) is 10.0 Å². The van der Waals surface area contributed by atoms with Crippen LogP contribution in [-0.4, -0.2) is 58.0 Å². The van der Waals surface area contributed by atoms with E-state index in [1.807, 2.05) is 44.2 Å². The van der Waals surface area contributed by atoms with Gasteiger partial charge in [-0.25, -0.2) is 12.8 Å². The first-order valence-corrected chi connectivity index (χ1v) is 16.6. The average molecular weight is 682 g/mol. The summed E-state index contributed by atoms with van der Waals surface area (Å²) in [4.78, 5) is 29.4. The summed E-state index contributed by atoms with van der Waals surface area (Å²) >= 11 is 6.52. The number of halogens is 2. The van der Waals surface area contributed by atoms with Crippen molar-refractivity contribution in [1.29, 1.82) is 0 Å². The monoisotopic (exact) mass is 681 g/mol. The maximum Gasteiger partial charge on any atom is 0.264 e. The molecular formula is C35H37ClFN3O6S. The largest absolute Gasteiger partial charge is 0.493 e. The van der Waals surface area contributed by atoms with Crippen LogP contribution < -0.4 is 19.1 Å². The van der Waals surface area contributed by atoms with E-state index in [1.165, 1.54) is 49.5 Å². The van der Waals surface area contributed by atoms with Crippen molar-refractivity contribution in [3.63, 3.8) is 0 Å². The van der Waals surface area contributed by atoms with Crippen LogP contribution in [0.4, 0.5) is 10.1 Å². The molecule has 12 heteroatoms. The highest BCUT2D eigenvalue weighted by atomic mass is 35.5. The van der Waals surface area contributed by atoms with Gasteiger partial charge in [-0.1, -0.05) is 60.1 Å². The van der Waals surface area contributed by atoms with Crippen molar-refractivity contribution >= 4 is 39.1 Å². The van der Waals surface area contributed by atoms with Crippen LogP contribution in [0.25, 0.3) is 0 Å². The van der Waals surface area contributed by atoms with Gasteiger partial charge in [-0.05, 0) is 67.4 Å². The summed E-state index contributed by atoms with van der Waals surface area (Å²) in [7, 11) is -1.66. The van der Waals surface area contributed by atoms with Crippen molar-refractivity contribution in [2.24, 2.45) is 0 Å². The fourth-order valence-electron chi connectivity index (χ4n) is 4.99. The Balaban J connectivity index is 1.83.